The Balaban J connectivity index is 1.50. The van der Waals surface area contributed by atoms with E-state index in [1.165, 1.54) is 6.07 Å². The summed E-state index contributed by atoms with van der Waals surface area (Å²) in [7, 11) is 0. The lowest BCUT2D eigenvalue weighted by molar-refractivity contribution is -0.139. The van der Waals surface area contributed by atoms with Crippen LogP contribution in [0.1, 0.15) is 18.2 Å². The van der Waals surface area contributed by atoms with Crippen molar-refractivity contribution in [1.82, 2.24) is 14.9 Å². The first kappa shape index (κ1) is 16.3. The van der Waals surface area contributed by atoms with Crippen molar-refractivity contribution in [3.63, 3.8) is 0 Å². The Morgan fingerprint density at radius 1 is 1.38 bits per heavy atom. The molecule has 3 rings (SSSR count). The molecule has 1 amide bonds. The van der Waals surface area contributed by atoms with Crippen molar-refractivity contribution in [3.8, 4) is 5.75 Å². The van der Waals surface area contributed by atoms with E-state index in [4.69, 9.17) is 9.47 Å². The van der Waals surface area contributed by atoms with E-state index in [1.807, 2.05) is 0 Å². The minimum Gasteiger partial charge on any atom is -0.490 e. The quantitative estimate of drug-likeness (QED) is 0.838. The Morgan fingerprint density at radius 3 is 3.04 bits per heavy atom. The molecule has 0 aliphatic carbocycles. The molecule has 6 nitrogen and oxygen atoms in total. The number of rotatable bonds is 5. The van der Waals surface area contributed by atoms with Crippen molar-refractivity contribution in [3.05, 3.63) is 54.4 Å². The molecule has 126 valence electrons. The number of amides is 1. The molecule has 2 aromatic rings. The van der Waals surface area contributed by atoms with E-state index < -0.39 is 5.82 Å². The predicted molar refractivity (Wildman–Crippen MR) is 83.8 cm³/mol. The lowest BCUT2D eigenvalue weighted by atomic mass is 10.2. The number of nitrogens with zero attached hydrogens (tertiary/aromatic N) is 3. The number of carbonyl (C=O) groups is 1. The van der Waals surface area contributed by atoms with Gasteiger partial charge in [0.05, 0.1) is 38.1 Å². The third-order valence-corrected chi connectivity index (χ3v) is 3.74. The van der Waals surface area contributed by atoms with Crippen molar-refractivity contribution < 1.29 is 18.7 Å². The van der Waals surface area contributed by atoms with Gasteiger partial charge in [-0.1, -0.05) is 12.1 Å². The zero-order valence-electron chi connectivity index (χ0n) is 13.1. The molecule has 1 saturated heterocycles. The van der Waals surface area contributed by atoms with Gasteiger partial charge in [0.25, 0.3) is 0 Å². The van der Waals surface area contributed by atoms with Crippen LogP contribution in [0.15, 0.2) is 42.9 Å². The van der Waals surface area contributed by atoms with Gasteiger partial charge in [-0.15, -0.1) is 0 Å². The molecule has 0 saturated carbocycles. The second-order valence-corrected chi connectivity index (χ2v) is 5.36. The zero-order chi connectivity index (χ0) is 16.8. The van der Waals surface area contributed by atoms with E-state index in [1.54, 1.807) is 41.7 Å². The molecule has 1 aliphatic rings. The number of para-hydroxylation sites is 1. The summed E-state index contributed by atoms with van der Waals surface area (Å²) in [6, 6.07) is 6.14. The van der Waals surface area contributed by atoms with Gasteiger partial charge in [-0.3, -0.25) is 14.8 Å². The molecule has 0 bridgehead atoms. The molecule has 1 aromatic carbocycles. The SMILES string of the molecule is O=C(CCOc1ccccc1F)N1CCO[C@@H](c2cnccn2)C1. The first-order valence-electron chi connectivity index (χ1n) is 7.76. The average molecular weight is 331 g/mol. The van der Waals surface area contributed by atoms with Crippen molar-refractivity contribution in [2.75, 3.05) is 26.3 Å². The van der Waals surface area contributed by atoms with Crippen LogP contribution in [0.2, 0.25) is 0 Å². The number of ether oxygens (including phenoxy) is 2. The highest BCUT2D eigenvalue weighted by molar-refractivity contribution is 5.76. The molecular formula is C17H18FN3O3. The molecular weight excluding hydrogens is 313 g/mol. The summed E-state index contributed by atoms with van der Waals surface area (Å²) in [5, 5.41) is 0. The van der Waals surface area contributed by atoms with E-state index in [9.17, 15) is 9.18 Å². The summed E-state index contributed by atoms with van der Waals surface area (Å²) < 4.78 is 24.4. The lowest BCUT2D eigenvalue weighted by Crippen LogP contribution is -2.42. The van der Waals surface area contributed by atoms with E-state index in [0.717, 1.165) is 0 Å². The van der Waals surface area contributed by atoms with Gasteiger partial charge in [0.2, 0.25) is 5.91 Å². The maximum Gasteiger partial charge on any atom is 0.226 e. The fourth-order valence-corrected chi connectivity index (χ4v) is 2.50. The Labute approximate surface area is 139 Å². The molecule has 7 heteroatoms. The molecule has 2 heterocycles. The predicted octanol–water partition coefficient (Wildman–Crippen LogP) is 1.98. The molecule has 1 aliphatic heterocycles. The highest BCUT2D eigenvalue weighted by atomic mass is 19.1. The largest absolute Gasteiger partial charge is 0.490 e. The standard InChI is InChI=1S/C17H18FN3O3/c18-13-3-1-2-4-15(13)23-9-5-17(22)21-8-10-24-16(12-21)14-11-19-6-7-20-14/h1-4,6-7,11,16H,5,8-10,12H2/t16-/m1/s1. The second-order valence-electron chi connectivity index (χ2n) is 5.36. The van der Waals surface area contributed by atoms with Crippen molar-refractivity contribution in [2.45, 2.75) is 12.5 Å². The van der Waals surface area contributed by atoms with E-state index >= 15 is 0 Å². The normalized spacial score (nSPS) is 17.5. The van der Waals surface area contributed by atoms with Gasteiger partial charge >= 0.3 is 0 Å². The summed E-state index contributed by atoms with van der Waals surface area (Å²) in [6.07, 6.45) is 4.74. The first-order valence-corrected chi connectivity index (χ1v) is 7.76. The second kappa shape index (κ2) is 7.83. The third-order valence-electron chi connectivity index (χ3n) is 3.74. The van der Waals surface area contributed by atoms with Crippen molar-refractivity contribution >= 4 is 5.91 Å². The smallest absolute Gasteiger partial charge is 0.226 e. The highest BCUT2D eigenvalue weighted by Crippen LogP contribution is 2.20. The number of aromatic nitrogens is 2. The summed E-state index contributed by atoms with van der Waals surface area (Å²) in [4.78, 5) is 22.3. The molecule has 24 heavy (non-hydrogen) atoms. The van der Waals surface area contributed by atoms with Gasteiger partial charge in [-0.05, 0) is 12.1 Å². The number of halogens is 1. The summed E-state index contributed by atoms with van der Waals surface area (Å²) >= 11 is 0. The van der Waals surface area contributed by atoms with Crippen molar-refractivity contribution in [2.24, 2.45) is 0 Å². The minimum atomic E-state index is -0.431. The van der Waals surface area contributed by atoms with Crippen LogP contribution >= 0.6 is 0 Å². The van der Waals surface area contributed by atoms with E-state index in [-0.39, 0.29) is 30.8 Å². The van der Waals surface area contributed by atoms with Crippen LogP contribution in [0.4, 0.5) is 4.39 Å². The molecule has 1 atom stereocenters. The van der Waals surface area contributed by atoms with E-state index in [0.29, 0.717) is 25.4 Å². The molecule has 1 aromatic heterocycles. The first-order chi connectivity index (χ1) is 11.7. The maximum absolute atomic E-state index is 13.5. The van der Waals surface area contributed by atoms with Gasteiger partial charge in [0, 0.05) is 18.9 Å². The van der Waals surface area contributed by atoms with Crippen LogP contribution in [0, 0.1) is 5.82 Å². The number of benzene rings is 1. The highest BCUT2D eigenvalue weighted by Gasteiger charge is 2.26. The van der Waals surface area contributed by atoms with Crippen LogP contribution in [-0.4, -0.2) is 47.1 Å². The van der Waals surface area contributed by atoms with Crippen LogP contribution < -0.4 is 4.74 Å². The Morgan fingerprint density at radius 2 is 2.25 bits per heavy atom. The lowest BCUT2D eigenvalue weighted by Gasteiger charge is -2.32. The monoisotopic (exact) mass is 331 g/mol. The van der Waals surface area contributed by atoms with Crippen molar-refractivity contribution in [1.29, 1.82) is 0 Å². The number of morpholine rings is 1. The number of hydrogen-bond donors (Lipinski definition) is 0. The molecule has 1 fully saturated rings. The average Bonchev–Trinajstić information content (AvgIpc) is 2.64. The number of hydrogen-bond acceptors (Lipinski definition) is 5. The Kier molecular flexibility index (Phi) is 5.32. The van der Waals surface area contributed by atoms with Gasteiger partial charge in [-0.2, -0.15) is 0 Å². The summed E-state index contributed by atoms with van der Waals surface area (Å²) in [5.74, 6) is -0.327. The fourth-order valence-electron chi connectivity index (χ4n) is 2.50. The molecule has 0 N–H and O–H groups in total. The van der Waals surface area contributed by atoms with Crippen LogP contribution in [0.5, 0.6) is 5.75 Å². The van der Waals surface area contributed by atoms with Crippen LogP contribution in [-0.2, 0) is 9.53 Å². The Bertz CT molecular complexity index is 684. The van der Waals surface area contributed by atoms with Gasteiger partial charge < -0.3 is 14.4 Å². The van der Waals surface area contributed by atoms with E-state index in [2.05, 4.69) is 9.97 Å². The summed E-state index contributed by atoms with van der Waals surface area (Å²) in [6.45, 7) is 1.53. The van der Waals surface area contributed by atoms with Crippen LogP contribution in [0.3, 0.4) is 0 Å². The molecule has 0 spiro atoms. The Hall–Kier alpha value is -2.54. The topological polar surface area (TPSA) is 64.5 Å². The van der Waals surface area contributed by atoms with Gasteiger partial charge in [0.15, 0.2) is 11.6 Å². The third kappa shape index (κ3) is 4.05. The zero-order valence-corrected chi connectivity index (χ0v) is 13.1. The maximum atomic E-state index is 13.5. The number of carbonyl (C=O) groups excluding carboxylic acids is 1. The minimum absolute atomic E-state index is 0.0523. The van der Waals surface area contributed by atoms with Gasteiger partial charge in [0.1, 0.15) is 6.10 Å². The summed E-state index contributed by atoms with van der Waals surface area (Å²) in [5.41, 5.74) is 0.706. The van der Waals surface area contributed by atoms with Gasteiger partial charge in [-0.25, -0.2) is 4.39 Å². The van der Waals surface area contributed by atoms with Crippen LogP contribution in [0.25, 0.3) is 0 Å². The molecule has 0 radical (unpaired) electrons. The molecule has 0 unspecified atom stereocenters. The fraction of sp³-hybridized carbons (Fsp3) is 0.353.